The van der Waals surface area contributed by atoms with Gasteiger partial charge in [-0.3, -0.25) is 14.4 Å². The number of carbonyl (C=O) groups is 4. The number of piperidine rings is 1. The van der Waals surface area contributed by atoms with Gasteiger partial charge in [-0.2, -0.15) is 4.98 Å². The molecule has 5 N–H and O–H groups in total. The molecule has 100 heavy (non-hydrogen) atoms. The molecule has 3 atom stereocenters. The number of methoxy groups -OCH3 is 5. The average Bonchev–Trinajstić information content (AvgIpc) is 0.795. The van der Waals surface area contributed by atoms with Gasteiger partial charge in [0.2, 0.25) is 27.6 Å². The van der Waals surface area contributed by atoms with Gasteiger partial charge in [-0.25, -0.2) is 27.3 Å². The number of carbonyl (C=O) groups excluding carboxylic acids is 4. The van der Waals surface area contributed by atoms with Crippen LogP contribution in [0.5, 0.6) is 34.5 Å². The van der Waals surface area contributed by atoms with Crippen LogP contribution in [0.3, 0.4) is 0 Å². The molecule has 1 fully saturated rings. The van der Waals surface area contributed by atoms with Crippen molar-refractivity contribution in [3.63, 3.8) is 0 Å². The smallest absolute Gasteiger partial charge is 0.329 e. The number of halogens is 2. The maximum absolute atomic E-state index is 14.6. The number of anilines is 4. The lowest BCUT2D eigenvalue weighted by atomic mass is 9.91. The van der Waals surface area contributed by atoms with E-state index in [1.54, 1.807) is 68.6 Å². The second-order valence-corrected chi connectivity index (χ2v) is 25.2. The Morgan fingerprint density at radius 3 is 1.94 bits per heavy atom. The van der Waals surface area contributed by atoms with Crippen LogP contribution in [-0.4, -0.2) is 206 Å². The predicted molar refractivity (Wildman–Crippen MR) is 373 cm³/mol. The highest BCUT2D eigenvalue weighted by molar-refractivity contribution is 9.10. The highest BCUT2D eigenvalue weighted by atomic mass is 79.9. The molecule has 0 aliphatic carbocycles. The first-order chi connectivity index (χ1) is 48.4. The van der Waals surface area contributed by atoms with Gasteiger partial charge < -0.3 is 87.7 Å². The number of aryl methyl sites for hydroxylation is 1. The van der Waals surface area contributed by atoms with Crippen molar-refractivity contribution >= 4 is 72.8 Å². The summed E-state index contributed by atoms with van der Waals surface area (Å²) in [5.74, 6) is -0.167. The minimum Gasteiger partial charge on any atom is -0.493 e. The maximum Gasteiger partial charge on any atom is 0.329 e. The Labute approximate surface area is 591 Å². The number of aromatic nitrogens is 2. The number of nitrogens with two attached hydrogens (primary N) is 1. The first kappa shape index (κ1) is 78.9. The molecule has 5 aromatic carbocycles. The second kappa shape index (κ2) is 41.3. The largest absolute Gasteiger partial charge is 0.493 e. The van der Waals surface area contributed by atoms with Crippen molar-refractivity contribution in [1.29, 1.82) is 0 Å². The summed E-state index contributed by atoms with van der Waals surface area (Å²) >= 11 is 3.33. The molecule has 1 aromatic heterocycles. The Hall–Kier alpha value is -8.46. The van der Waals surface area contributed by atoms with E-state index in [1.807, 2.05) is 31.2 Å². The molecule has 0 unspecified atom stereocenters. The van der Waals surface area contributed by atoms with Crippen LogP contribution >= 0.6 is 15.9 Å². The van der Waals surface area contributed by atoms with Crippen LogP contribution in [0.25, 0.3) is 0 Å². The monoisotopic (exact) mass is 1480 g/mol. The third-order valence-electron chi connectivity index (χ3n) is 15.9. The zero-order valence-electron chi connectivity index (χ0n) is 57.4. The Balaban J connectivity index is 0.729. The summed E-state index contributed by atoms with van der Waals surface area (Å²) in [6, 6.07) is 25.4. The molecule has 1 aliphatic heterocycles. The average molecular weight is 1480 g/mol. The molecule has 0 radical (unpaired) electrons. The number of rotatable bonds is 45. The van der Waals surface area contributed by atoms with Crippen molar-refractivity contribution in [3.8, 4) is 34.5 Å². The first-order valence-corrected chi connectivity index (χ1v) is 34.9. The fourth-order valence-corrected chi connectivity index (χ4v) is 11.9. The minimum atomic E-state index is -3.84. The van der Waals surface area contributed by atoms with E-state index in [0.29, 0.717) is 147 Å². The quantitative estimate of drug-likeness (QED) is 0.0205. The molecule has 27 nitrogen and oxygen atoms in total. The summed E-state index contributed by atoms with van der Waals surface area (Å²) in [4.78, 5) is 66.0. The number of amides is 3. The molecule has 2 heterocycles. The molecule has 3 amide bonds. The summed E-state index contributed by atoms with van der Waals surface area (Å²) < 4.78 is 117. The normalized spacial score (nSPS) is 13.6. The standard InChI is InChI=1S/C70H90BrFN8O19S/c1-8-53(49-43-61(89-5)65(91-7)62(44-49)90-6)68(83)80-27-10-9-17-57(80)69(84)99-58(24-18-47-19-25-59(87-3)60(41-47)88-4)48-13-11-14-51(42-48)98-46-63(81)79(2)28-30-93-32-34-95-36-38-97-40-39-96-37-35-94-33-31-92-29-26-75-100(85,86)52-22-20-50(21-23-52)76-70-74-45-54(71)67(78-70)77-56-16-12-15-55(72)64(56)66(73)82/h11-16,19-23,25,41-45,53,57-58,75H,8-10,17-18,24,26-40,46H2,1-7H3,(H2,73,82)(H2,74,76,77,78)/t53-,57-,58+/m0/s1. The van der Waals surface area contributed by atoms with Gasteiger partial charge in [0.25, 0.3) is 11.8 Å². The number of benzene rings is 5. The van der Waals surface area contributed by atoms with Gasteiger partial charge in [0, 0.05) is 38.6 Å². The fourth-order valence-electron chi connectivity index (χ4n) is 10.6. The SMILES string of the molecule is CC[C@H](C(=O)N1CCCC[C@H]1C(=O)O[C@H](CCc1ccc(OC)c(OC)c1)c1cccc(OCC(=O)N(C)CCOCCOCCOCCOCCOCCOCCNS(=O)(=O)c2ccc(Nc3ncc(Br)c(Nc4cccc(F)c4C(N)=O)n3)cc2)c1)c1cc(OC)c(OC)c(OC)c1. The van der Waals surface area contributed by atoms with Crippen molar-refractivity contribution in [2.75, 3.05) is 159 Å². The number of hydrogen-bond acceptors (Lipinski definition) is 23. The molecule has 6 aromatic rings. The topological polar surface area (TPSA) is 317 Å². The van der Waals surface area contributed by atoms with Crippen molar-refractivity contribution < 1.29 is 93.6 Å². The Bertz CT molecular complexity index is 3690. The molecular weight excluding hydrogens is 1390 g/mol. The maximum atomic E-state index is 14.6. The second-order valence-electron chi connectivity index (χ2n) is 22.6. The van der Waals surface area contributed by atoms with E-state index in [9.17, 15) is 32.0 Å². The molecule has 7 rings (SSSR count). The zero-order chi connectivity index (χ0) is 71.8. The van der Waals surface area contributed by atoms with Gasteiger partial charge in [-0.1, -0.05) is 31.2 Å². The van der Waals surface area contributed by atoms with Crippen LogP contribution in [-0.2, 0) is 64.0 Å². The number of likely N-dealkylation sites (N-methyl/N-ethyl adjacent to an activating group) is 1. The van der Waals surface area contributed by atoms with E-state index < -0.39 is 45.8 Å². The fraction of sp³-hybridized carbons (Fsp3) is 0.457. The van der Waals surface area contributed by atoms with Crippen LogP contribution in [0.15, 0.2) is 113 Å². The number of nitrogens with one attached hydrogen (secondary N) is 3. The number of ether oxygens (including phenoxy) is 13. The number of esters is 1. The first-order valence-electron chi connectivity index (χ1n) is 32.6. The summed E-state index contributed by atoms with van der Waals surface area (Å²) in [7, 11) is 5.52. The third kappa shape index (κ3) is 23.9. The summed E-state index contributed by atoms with van der Waals surface area (Å²) in [5.41, 5.74) is 7.89. The third-order valence-corrected chi connectivity index (χ3v) is 18.0. The van der Waals surface area contributed by atoms with E-state index in [1.165, 1.54) is 56.7 Å². The molecule has 0 spiro atoms. The molecule has 30 heteroatoms. The van der Waals surface area contributed by atoms with Crippen LogP contribution in [0.1, 0.15) is 78.1 Å². The lowest BCUT2D eigenvalue weighted by Gasteiger charge is -2.37. The van der Waals surface area contributed by atoms with Gasteiger partial charge >= 0.3 is 5.97 Å². The number of likely N-dealkylation sites (tertiary alicyclic amines) is 1. The van der Waals surface area contributed by atoms with Crippen molar-refractivity contribution in [2.45, 2.75) is 68.4 Å². The van der Waals surface area contributed by atoms with Crippen LogP contribution < -0.4 is 49.5 Å². The van der Waals surface area contributed by atoms with Gasteiger partial charge in [0.15, 0.2) is 29.6 Å². The Kier molecular flexibility index (Phi) is 32.6. The van der Waals surface area contributed by atoms with Crippen molar-refractivity contribution in [1.82, 2.24) is 24.5 Å². The summed E-state index contributed by atoms with van der Waals surface area (Å²) in [6.07, 6.45) is 3.91. The molecule has 1 saturated heterocycles. The van der Waals surface area contributed by atoms with Gasteiger partial charge in [0.05, 0.1) is 141 Å². The van der Waals surface area contributed by atoms with E-state index >= 15 is 0 Å². The highest BCUT2D eigenvalue weighted by Crippen LogP contribution is 2.42. The number of primary amides is 1. The Morgan fingerprint density at radius 2 is 1.33 bits per heavy atom. The predicted octanol–water partition coefficient (Wildman–Crippen LogP) is 8.71. The van der Waals surface area contributed by atoms with E-state index in [4.69, 9.17) is 67.3 Å². The number of nitrogens with zero attached hydrogens (tertiary/aromatic N) is 4. The highest BCUT2D eigenvalue weighted by Gasteiger charge is 2.38. The minimum absolute atomic E-state index is 0.0283. The van der Waals surface area contributed by atoms with E-state index in [0.717, 1.165) is 24.5 Å². The molecule has 0 saturated carbocycles. The van der Waals surface area contributed by atoms with Crippen LogP contribution in [0.4, 0.5) is 27.5 Å². The lowest BCUT2D eigenvalue weighted by Crippen LogP contribution is -2.50. The molecule has 0 bridgehead atoms. The van der Waals surface area contributed by atoms with Gasteiger partial charge in [-0.15, -0.1) is 0 Å². The van der Waals surface area contributed by atoms with Crippen molar-refractivity contribution in [2.24, 2.45) is 5.73 Å². The zero-order valence-corrected chi connectivity index (χ0v) is 59.8. The summed E-state index contributed by atoms with van der Waals surface area (Å²) in [6.45, 7) is 6.09. The summed E-state index contributed by atoms with van der Waals surface area (Å²) in [5, 5.41) is 5.87. The molecule has 544 valence electrons. The lowest BCUT2D eigenvalue weighted by molar-refractivity contribution is -0.162. The van der Waals surface area contributed by atoms with Crippen molar-refractivity contribution in [3.05, 3.63) is 136 Å². The Morgan fingerprint density at radius 1 is 0.710 bits per heavy atom. The van der Waals surface area contributed by atoms with Crippen LogP contribution in [0.2, 0.25) is 0 Å². The van der Waals surface area contributed by atoms with Crippen LogP contribution in [0, 0.1) is 5.82 Å². The van der Waals surface area contributed by atoms with Gasteiger partial charge in [0.1, 0.15) is 29.5 Å². The number of sulfonamides is 1. The number of hydrogen-bond donors (Lipinski definition) is 4. The van der Waals surface area contributed by atoms with E-state index in [-0.39, 0.29) is 79.3 Å². The molecular formula is C70H90BrFN8O19S. The van der Waals surface area contributed by atoms with Gasteiger partial charge in [-0.05, 0) is 144 Å². The molecule has 1 aliphatic rings. The van der Waals surface area contributed by atoms with E-state index in [2.05, 4.69) is 41.3 Å².